The van der Waals surface area contributed by atoms with Crippen LogP contribution in [0.15, 0.2) is 42.5 Å². The van der Waals surface area contributed by atoms with Gasteiger partial charge < -0.3 is 5.32 Å². The Kier molecular flexibility index (Phi) is 3.69. The maximum absolute atomic E-state index is 12.3. The normalized spacial score (nSPS) is 13.3. The zero-order valence-corrected chi connectivity index (χ0v) is 13.7. The van der Waals surface area contributed by atoms with Crippen molar-refractivity contribution in [2.45, 2.75) is 0 Å². The van der Waals surface area contributed by atoms with E-state index in [9.17, 15) is 14.4 Å². The number of rotatable bonds is 2. The SMILES string of the molecule is CN1C(=O)c2ccc(NC(=O)c3ccccc3I)cc2C1=O. The van der Waals surface area contributed by atoms with Crippen LogP contribution in [-0.2, 0) is 0 Å². The van der Waals surface area contributed by atoms with Crippen LogP contribution in [0.5, 0.6) is 0 Å². The number of benzene rings is 2. The van der Waals surface area contributed by atoms with Crippen molar-refractivity contribution in [1.29, 1.82) is 0 Å². The van der Waals surface area contributed by atoms with Crippen LogP contribution in [-0.4, -0.2) is 29.7 Å². The summed E-state index contributed by atoms with van der Waals surface area (Å²) in [5, 5.41) is 2.75. The molecule has 1 aliphatic rings. The number of hydrogen-bond donors (Lipinski definition) is 1. The number of amides is 3. The fraction of sp³-hybridized carbons (Fsp3) is 0.0625. The number of carbonyl (C=O) groups excluding carboxylic acids is 3. The van der Waals surface area contributed by atoms with Gasteiger partial charge in [0.05, 0.1) is 16.7 Å². The highest BCUT2D eigenvalue weighted by Gasteiger charge is 2.32. The first-order valence-electron chi connectivity index (χ1n) is 6.51. The molecule has 22 heavy (non-hydrogen) atoms. The number of carbonyl (C=O) groups is 3. The standard InChI is InChI=1S/C16H11IN2O3/c1-19-15(21)10-7-6-9(8-12(10)16(19)22)18-14(20)11-4-2-3-5-13(11)17/h2-8H,1H3,(H,18,20). The van der Waals surface area contributed by atoms with E-state index in [1.165, 1.54) is 13.1 Å². The highest BCUT2D eigenvalue weighted by atomic mass is 127. The molecule has 3 rings (SSSR count). The highest BCUT2D eigenvalue weighted by Crippen LogP contribution is 2.25. The Morgan fingerprint density at radius 1 is 1.05 bits per heavy atom. The molecular formula is C16H11IN2O3. The van der Waals surface area contributed by atoms with Gasteiger partial charge in [-0.1, -0.05) is 12.1 Å². The number of anilines is 1. The van der Waals surface area contributed by atoms with E-state index >= 15 is 0 Å². The maximum Gasteiger partial charge on any atom is 0.261 e. The number of nitrogens with zero attached hydrogens (tertiary/aromatic N) is 1. The Balaban J connectivity index is 1.90. The predicted molar refractivity (Wildman–Crippen MR) is 90.0 cm³/mol. The highest BCUT2D eigenvalue weighted by molar-refractivity contribution is 14.1. The Bertz CT molecular complexity index is 817. The molecule has 0 saturated carbocycles. The van der Waals surface area contributed by atoms with Gasteiger partial charge in [0.2, 0.25) is 0 Å². The summed E-state index contributed by atoms with van der Waals surface area (Å²) in [6, 6.07) is 11.9. The van der Waals surface area contributed by atoms with Gasteiger partial charge in [0.1, 0.15) is 0 Å². The zero-order valence-electron chi connectivity index (χ0n) is 11.6. The minimum absolute atomic E-state index is 0.255. The van der Waals surface area contributed by atoms with Gasteiger partial charge in [-0.2, -0.15) is 0 Å². The van der Waals surface area contributed by atoms with Crippen molar-refractivity contribution in [3.8, 4) is 0 Å². The third kappa shape index (κ3) is 2.39. The van der Waals surface area contributed by atoms with Crippen molar-refractivity contribution < 1.29 is 14.4 Å². The fourth-order valence-electron chi connectivity index (χ4n) is 2.28. The van der Waals surface area contributed by atoms with Crippen LogP contribution in [0.3, 0.4) is 0 Å². The molecule has 0 aliphatic carbocycles. The van der Waals surface area contributed by atoms with Crippen LogP contribution < -0.4 is 5.32 Å². The summed E-state index contributed by atoms with van der Waals surface area (Å²) in [6.45, 7) is 0. The third-order valence-electron chi connectivity index (χ3n) is 3.47. The molecule has 5 nitrogen and oxygen atoms in total. The summed E-state index contributed by atoms with van der Waals surface area (Å²) < 4.78 is 0.838. The fourth-order valence-corrected chi connectivity index (χ4v) is 2.92. The number of fused-ring (bicyclic) bond motifs is 1. The summed E-state index contributed by atoms with van der Waals surface area (Å²) in [7, 11) is 1.44. The van der Waals surface area contributed by atoms with Crippen molar-refractivity contribution in [2.75, 3.05) is 12.4 Å². The van der Waals surface area contributed by atoms with Crippen molar-refractivity contribution in [1.82, 2.24) is 4.90 Å². The van der Waals surface area contributed by atoms with Gasteiger partial charge >= 0.3 is 0 Å². The third-order valence-corrected chi connectivity index (χ3v) is 4.41. The minimum atomic E-state index is -0.356. The lowest BCUT2D eigenvalue weighted by Gasteiger charge is -2.07. The molecule has 1 heterocycles. The molecule has 0 aromatic heterocycles. The first-order valence-corrected chi connectivity index (χ1v) is 7.59. The van der Waals surface area contributed by atoms with Crippen LogP contribution in [0.25, 0.3) is 0 Å². The second-order valence-electron chi connectivity index (χ2n) is 4.86. The van der Waals surface area contributed by atoms with Gasteiger partial charge in [-0.05, 0) is 52.9 Å². The van der Waals surface area contributed by atoms with Crippen LogP contribution in [0.2, 0.25) is 0 Å². The minimum Gasteiger partial charge on any atom is -0.322 e. The molecule has 0 fully saturated rings. The predicted octanol–water partition coefficient (Wildman–Crippen LogP) is 2.77. The van der Waals surface area contributed by atoms with Gasteiger partial charge in [-0.3, -0.25) is 19.3 Å². The van der Waals surface area contributed by atoms with E-state index < -0.39 is 0 Å². The second kappa shape index (κ2) is 5.53. The lowest BCUT2D eigenvalue weighted by molar-refractivity contribution is 0.0692. The van der Waals surface area contributed by atoms with Gasteiger partial charge in [0, 0.05) is 16.3 Å². The van der Waals surface area contributed by atoms with Crippen molar-refractivity contribution in [2.24, 2.45) is 0 Å². The van der Waals surface area contributed by atoms with E-state index in [0.29, 0.717) is 22.4 Å². The van der Waals surface area contributed by atoms with E-state index in [2.05, 4.69) is 27.9 Å². The van der Waals surface area contributed by atoms with E-state index in [0.717, 1.165) is 8.47 Å². The molecule has 0 radical (unpaired) electrons. The average molecular weight is 406 g/mol. The van der Waals surface area contributed by atoms with E-state index in [4.69, 9.17) is 0 Å². The molecule has 0 saturated heterocycles. The molecule has 0 unspecified atom stereocenters. The number of halogens is 1. The van der Waals surface area contributed by atoms with Gasteiger partial charge in [-0.25, -0.2) is 0 Å². The molecule has 6 heteroatoms. The molecular weight excluding hydrogens is 395 g/mol. The number of imide groups is 1. The second-order valence-corrected chi connectivity index (χ2v) is 6.03. The summed E-state index contributed by atoms with van der Waals surface area (Å²) >= 11 is 2.09. The van der Waals surface area contributed by atoms with E-state index in [1.807, 2.05) is 12.1 Å². The van der Waals surface area contributed by atoms with Gasteiger partial charge in [0.15, 0.2) is 0 Å². The quantitative estimate of drug-likeness (QED) is 0.616. The summed E-state index contributed by atoms with van der Waals surface area (Å²) in [4.78, 5) is 37.1. The summed E-state index contributed by atoms with van der Waals surface area (Å²) in [5.41, 5.74) is 1.72. The molecule has 0 spiro atoms. The van der Waals surface area contributed by atoms with Gasteiger partial charge in [-0.15, -0.1) is 0 Å². The molecule has 2 aromatic carbocycles. The molecule has 0 bridgehead atoms. The Hall–Kier alpha value is -2.22. The first-order chi connectivity index (χ1) is 10.5. The Morgan fingerprint density at radius 2 is 1.73 bits per heavy atom. The van der Waals surface area contributed by atoms with E-state index in [1.54, 1.807) is 24.3 Å². The first kappa shape index (κ1) is 14.7. The smallest absolute Gasteiger partial charge is 0.261 e. The van der Waals surface area contributed by atoms with Crippen molar-refractivity contribution in [3.63, 3.8) is 0 Å². The van der Waals surface area contributed by atoms with Crippen molar-refractivity contribution in [3.05, 3.63) is 62.7 Å². The molecule has 110 valence electrons. The summed E-state index contributed by atoms with van der Waals surface area (Å²) in [5.74, 6) is -0.934. The van der Waals surface area contributed by atoms with Crippen LogP contribution in [0.1, 0.15) is 31.1 Å². The van der Waals surface area contributed by atoms with Crippen molar-refractivity contribution >= 4 is 46.0 Å². The molecule has 2 aromatic rings. The topological polar surface area (TPSA) is 66.5 Å². The zero-order chi connectivity index (χ0) is 15.9. The number of hydrogen-bond acceptors (Lipinski definition) is 3. The summed E-state index contributed by atoms with van der Waals surface area (Å²) in [6.07, 6.45) is 0. The largest absolute Gasteiger partial charge is 0.322 e. The molecule has 1 aliphatic heterocycles. The molecule has 1 N–H and O–H groups in total. The Morgan fingerprint density at radius 3 is 2.45 bits per heavy atom. The molecule has 0 atom stereocenters. The van der Waals surface area contributed by atoms with Crippen LogP contribution >= 0.6 is 22.6 Å². The Labute approximate surface area is 140 Å². The molecule has 3 amide bonds. The van der Waals surface area contributed by atoms with Gasteiger partial charge in [0.25, 0.3) is 17.7 Å². The monoisotopic (exact) mass is 406 g/mol. The average Bonchev–Trinajstić information content (AvgIpc) is 2.72. The number of nitrogens with one attached hydrogen (secondary N) is 1. The lowest BCUT2D eigenvalue weighted by atomic mass is 10.1. The lowest BCUT2D eigenvalue weighted by Crippen LogP contribution is -2.24. The van der Waals surface area contributed by atoms with Crippen LogP contribution in [0.4, 0.5) is 5.69 Å². The van der Waals surface area contributed by atoms with Crippen LogP contribution in [0, 0.1) is 3.57 Å². The maximum atomic E-state index is 12.3. The van der Waals surface area contributed by atoms with E-state index in [-0.39, 0.29) is 17.7 Å².